The summed E-state index contributed by atoms with van der Waals surface area (Å²) in [6, 6.07) is 8.62. The highest BCUT2D eigenvalue weighted by Crippen LogP contribution is 2.32. The predicted molar refractivity (Wildman–Crippen MR) is 115 cm³/mol. The first-order valence-corrected chi connectivity index (χ1v) is 9.98. The zero-order valence-electron chi connectivity index (χ0n) is 18.3. The second-order valence-corrected chi connectivity index (χ2v) is 7.96. The van der Waals surface area contributed by atoms with Gasteiger partial charge >= 0.3 is 18.3 Å². The third-order valence-corrected chi connectivity index (χ3v) is 4.81. The number of nitrogens with one attached hydrogen (secondary N) is 2. The van der Waals surface area contributed by atoms with Gasteiger partial charge in [0.15, 0.2) is 0 Å². The summed E-state index contributed by atoms with van der Waals surface area (Å²) in [5, 5.41) is 14.3. The molecule has 186 valence electrons. The summed E-state index contributed by atoms with van der Waals surface area (Å²) in [6.07, 6.45) is -8.64. The number of carboxylic acid groups (broad SMARTS) is 1. The van der Waals surface area contributed by atoms with Crippen molar-refractivity contribution in [1.82, 2.24) is 15.0 Å². The Morgan fingerprint density at radius 2 is 1.71 bits per heavy atom. The summed E-state index contributed by atoms with van der Waals surface area (Å²) in [6.45, 7) is 2.66. The van der Waals surface area contributed by atoms with Crippen LogP contribution in [0.4, 0.5) is 43.8 Å². The van der Waals surface area contributed by atoms with Crippen molar-refractivity contribution in [2.75, 3.05) is 10.6 Å². The van der Waals surface area contributed by atoms with Gasteiger partial charge in [-0.3, -0.25) is 0 Å². The van der Waals surface area contributed by atoms with E-state index in [1.807, 2.05) is 0 Å². The fourth-order valence-electron chi connectivity index (χ4n) is 3.22. The van der Waals surface area contributed by atoms with Crippen LogP contribution < -0.4 is 10.6 Å². The third-order valence-electron chi connectivity index (χ3n) is 4.81. The molecule has 0 saturated carbocycles. The molecule has 2 heterocycles. The fraction of sp³-hybridized carbons (Fsp3) is 0.273. The van der Waals surface area contributed by atoms with Crippen molar-refractivity contribution >= 4 is 23.4 Å². The Bertz CT molecular complexity index is 1210. The van der Waals surface area contributed by atoms with E-state index in [-0.39, 0.29) is 11.8 Å². The number of hydrogen-bond acceptors (Lipinski definition) is 6. The van der Waals surface area contributed by atoms with E-state index in [1.165, 1.54) is 18.3 Å². The Hall–Kier alpha value is -3.90. The van der Waals surface area contributed by atoms with E-state index >= 15 is 0 Å². The molecule has 3 N–H and O–H groups in total. The Morgan fingerprint density at radius 1 is 1.00 bits per heavy atom. The van der Waals surface area contributed by atoms with Gasteiger partial charge in [-0.05, 0) is 55.3 Å². The van der Waals surface area contributed by atoms with Crippen LogP contribution in [0.3, 0.4) is 0 Å². The van der Waals surface area contributed by atoms with E-state index in [4.69, 9.17) is 0 Å². The highest BCUT2D eigenvalue weighted by molar-refractivity contribution is 5.82. The summed E-state index contributed by atoms with van der Waals surface area (Å²) < 4.78 is 77.1. The van der Waals surface area contributed by atoms with Crippen molar-refractivity contribution in [3.05, 3.63) is 60.0 Å². The molecular formula is C22H19F6N5O2. The molecule has 0 aliphatic heterocycles. The number of anilines is 3. The number of alkyl halides is 6. The normalized spacial score (nSPS) is 13.7. The molecule has 35 heavy (non-hydrogen) atoms. The lowest BCUT2D eigenvalue weighted by Gasteiger charge is -2.27. The SMILES string of the molecule is Cc1cc(Nc2nccc(C(F)(F)F)n2)cc(-c2ccc(NC(C)(CC(F)(F)F)C(=O)O)nc2)c1. The Kier molecular flexibility index (Phi) is 6.90. The average Bonchev–Trinajstić information content (AvgIpc) is 2.72. The van der Waals surface area contributed by atoms with Gasteiger partial charge in [0.1, 0.15) is 17.1 Å². The molecule has 1 aromatic carbocycles. The van der Waals surface area contributed by atoms with Crippen LogP contribution in [0.25, 0.3) is 11.1 Å². The number of aliphatic carboxylic acids is 1. The van der Waals surface area contributed by atoms with Crippen LogP contribution in [0.2, 0.25) is 0 Å². The van der Waals surface area contributed by atoms with Gasteiger partial charge in [0.2, 0.25) is 5.95 Å². The van der Waals surface area contributed by atoms with E-state index < -0.39 is 36.0 Å². The maximum Gasteiger partial charge on any atom is 0.433 e. The second kappa shape index (κ2) is 9.39. The van der Waals surface area contributed by atoms with Crippen molar-refractivity contribution in [1.29, 1.82) is 0 Å². The van der Waals surface area contributed by atoms with Gasteiger partial charge in [0, 0.05) is 23.6 Å². The number of carboxylic acids is 1. The number of pyridine rings is 1. The van der Waals surface area contributed by atoms with Crippen LogP contribution in [-0.2, 0) is 11.0 Å². The molecule has 0 radical (unpaired) electrons. The number of nitrogens with zero attached hydrogens (tertiary/aromatic N) is 3. The molecule has 0 bridgehead atoms. The standard InChI is InChI=1S/C22H19F6N5O2/c1-12-7-14(9-15(8-12)31-19-29-6-5-16(32-19)22(26,27)28)13-3-4-17(30-10-13)33-20(2,18(34)35)11-21(23,24)25/h3-10H,11H2,1-2H3,(H,30,33)(H,34,35)(H,29,31,32). The fourth-order valence-corrected chi connectivity index (χ4v) is 3.22. The lowest BCUT2D eigenvalue weighted by Crippen LogP contribution is -2.47. The highest BCUT2D eigenvalue weighted by atomic mass is 19.4. The van der Waals surface area contributed by atoms with Gasteiger partial charge < -0.3 is 15.7 Å². The van der Waals surface area contributed by atoms with Gasteiger partial charge in [-0.1, -0.05) is 6.07 Å². The lowest BCUT2D eigenvalue weighted by atomic mass is 9.97. The molecule has 0 saturated heterocycles. The van der Waals surface area contributed by atoms with Crippen LogP contribution in [0.15, 0.2) is 48.8 Å². The number of aryl methyl sites for hydroxylation is 1. The first kappa shape index (κ1) is 25.7. The van der Waals surface area contributed by atoms with Gasteiger partial charge in [-0.15, -0.1) is 0 Å². The molecule has 13 heteroatoms. The molecule has 7 nitrogen and oxygen atoms in total. The quantitative estimate of drug-likeness (QED) is 0.353. The predicted octanol–water partition coefficient (Wildman–Crippen LogP) is 5.82. The molecule has 0 aliphatic rings. The zero-order valence-corrected chi connectivity index (χ0v) is 18.3. The van der Waals surface area contributed by atoms with Crippen LogP contribution in [0.1, 0.15) is 24.6 Å². The van der Waals surface area contributed by atoms with Gasteiger partial charge in [-0.2, -0.15) is 26.3 Å². The van der Waals surface area contributed by atoms with Gasteiger partial charge in [-0.25, -0.2) is 19.7 Å². The minimum atomic E-state index is -4.71. The number of hydrogen-bond donors (Lipinski definition) is 3. The van der Waals surface area contributed by atoms with Crippen molar-refractivity contribution < 1.29 is 36.2 Å². The summed E-state index contributed by atoms with van der Waals surface area (Å²) in [7, 11) is 0. The highest BCUT2D eigenvalue weighted by Gasteiger charge is 2.45. The monoisotopic (exact) mass is 499 g/mol. The maximum atomic E-state index is 12.9. The molecule has 0 amide bonds. The first-order chi connectivity index (χ1) is 16.1. The Balaban J connectivity index is 1.83. The summed E-state index contributed by atoms with van der Waals surface area (Å²) >= 11 is 0. The van der Waals surface area contributed by atoms with E-state index in [0.29, 0.717) is 16.8 Å². The average molecular weight is 499 g/mol. The van der Waals surface area contributed by atoms with E-state index in [2.05, 4.69) is 25.6 Å². The van der Waals surface area contributed by atoms with E-state index in [1.54, 1.807) is 25.1 Å². The largest absolute Gasteiger partial charge is 0.480 e. The van der Waals surface area contributed by atoms with Crippen LogP contribution >= 0.6 is 0 Å². The molecule has 3 rings (SSSR count). The van der Waals surface area contributed by atoms with Crippen molar-refractivity contribution in [2.45, 2.75) is 38.2 Å². The minimum Gasteiger partial charge on any atom is -0.480 e. The minimum absolute atomic E-state index is 0.0775. The Labute approximate surface area is 195 Å². The number of aromatic nitrogens is 3. The molecule has 3 aromatic rings. The molecule has 0 aliphatic carbocycles. The number of carbonyl (C=O) groups is 1. The van der Waals surface area contributed by atoms with Crippen molar-refractivity contribution in [3.8, 4) is 11.1 Å². The summed E-state index contributed by atoms with van der Waals surface area (Å²) in [4.78, 5) is 22.7. The maximum absolute atomic E-state index is 12.9. The second-order valence-electron chi connectivity index (χ2n) is 7.96. The van der Waals surface area contributed by atoms with E-state index in [9.17, 15) is 36.2 Å². The van der Waals surface area contributed by atoms with Crippen molar-refractivity contribution in [3.63, 3.8) is 0 Å². The third kappa shape index (κ3) is 6.80. The molecule has 0 fully saturated rings. The molecule has 1 unspecified atom stereocenters. The van der Waals surface area contributed by atoms with Gasteiger partial charge in [0.25, 0.3) is 0 Å². The summed E-state index contributed by atoms with van der Waals surface area (Å²) in [5.74, 6) is -2.02. The number of benzene rings is 1. The topological polar surface area (TPSA) is 100 Å². The molecule has 2 aromatic heterocycles. The van der Waals surface area contributed by atoms with Crippen LogP contribution in [0, 0.1) is 6.92 Å². The summed E-state index contributed by atoms with van der Waals surface area (Å²) in [5.41, 5.74) is -1.17. The van der Waals surface area contributed by atoms with E-state index in [0.717, 1.165) is 24.8 Å². The zero-order chi connectivity index (χ0) is 26.0. The number of halogens is 6. The molecule has 1 atom stereocenters. The van der Waals surface area contributed by atoms with Crippen LogP contribution in [-0.4, -0.2) is 37.7 Å². The lowest BCUT2D eigenvalue weighted by molar-refractivity contribution is -0.163. The smallest absolute Gasteiger partial charge is 0.433 e. The molecule has 0 spiro atoms. The van der Waals surface area contributed by atoms with Crippen LogP contribution in [0.5, 0.6) is 0 Å². The Morgan fingerprint density at radius 3 is 2.29 bits per heavy atom. The van der Waals surface area contributed by atoms with Crippen molar-refractivity contribution in [2.24, 2.45) is 0 Å². The molecular weight excluding hydrogens is 480 g/mol. The van der Waals surface area contributed by atoms with Gasteiger partial charge in [0.05, 0.1) is 6.42 Å². The number of rotatable bonds is 7. The first-order valence-electron chi connectivity index (χ1n) is 9.98.